The number of ether oxygens (including phenoxy) is 1. The van der Waals surface area contributed by atoms with Crippen LogP contribution in [-0.4, -0.2) is 68.6 Å². The third-order valence-electron chi connectivity index (χ3n) is 4.21. The van der Waals surface area contributed by atoms with E-state index in [9.17, 15) is 18.0 Å². The van der Waals surface area contributed by atoms with Crippen molar-refractivity contribution in [3.8, 4) is 0 Å². The molecule has 0 aliphatic carbocycles. The van der Waals surface area contributed by atoms with Crippen molar-refractivity contribution in [3.05, 3.63) is 46.1 Å². The monoisotopic (exact) mass is 486 g/mol. The summed E-state index contributed by atoms with van der Waals surface area (Å²) < 4.78 is 33.2. The van der Waals surface area contributed by atoms with Gasteiger partial charge in [0.15, 0.2) is 0 Å². The van der Waals surface area contributed by atoms with E-state index in [-0.39, 0.29) is 36.7 Å². The maximum Gasteiger partial charge on any atom is 0.410 e. The van der Waals surface area contributed by atoms with Gasteiger partial charge in [0.05, 0.1) is 36.7 Å². The van der Waals surface area contributed by atoms with E-state index in [4.69, 9.17) is 31.7 Å². The van der Waals surface area contributed by atoms with Crippen molar-refractivity contribution in [2.24, 2.45) is 5.73 Å². The summed E-state index contributed by atoms with van der Waals surface area (Å²) in [6.07, 6.45) is 0.237. The molecule has 1 saturated heterocycles. The van der Waals surface area contributed by atoms with Crippen LogP contribution in [0.2, 0.25) is 5.02 Å². The zero-order valence-corrected chi connectivity index (χ0v) is 19.8. The molecule has 1 atom stereocenters. The molecule has 1 fully saturated rings. The van der Waals surface area contributed by atoms with Crippen LogP contribution in [0, 0.1) is 5.41 Å². The lowest BCUT2D eigenvalue weighted by molar-refractivity contribution is -0.114. The molecule has 32 heavy (non-hydrogen) atoms. The van der Waals surface area contributed by atoms with Crippen molar-refractivity contribution in [1.29, 1.82) is 5.41 Å². The van der Waals surface area contributed by atoms with E-state index in [2.05, 4.69) is 5.32 Å². The van der Waals surface area contributed by atoms with Gasteiger partial charge in [-0.05, 0) is 32.9 Å². The number of carbonyl (C=O) groups excluding carboxylic acids is 2. The number of hydrogen-bond donors (Lipinski definition) is 3. The summed E-state index contributed by atoms with van der Waals surface area (Å²) in [5.41, 5.74) is 4.96. The van der Waals surface area contributed by atoms with Crippen LogP contribution in [0.5, 0.6) is 0 Å². The number of halogens is 1. The molecule has 10 nitrogen and oxygen atoms in total. The van der Waals surface area contributed by atoms with Crippen molar-refractivity contribution >= 4 is 39.4 Å². The van der Waals surface area contributed by atoms with Gasteiger partial charge in [0.25, 0.3) is 16.0 Å². The molecule has 4 N–H and O–H groups in total. The number of amides is 2. The van der Waals surface area contributed by atoms with Crippen molar-refractivity contribution in [3.63, 3.8) is 0 Å². The molecule has 2 rings (SSSR count). The number of nitrogens with two attached hydrogens (primary N) is 1. The molecule has 1 unspecified atom stereocenters. The van der Waals surface area contributed by atoms with Gasteiger partial charge in [-0.15, -0.1) is 0 Å². The molecule has 0 aromatic heterocycles. The van der Waals surface area contributed by atoms with Gasteiger partial charge in [-0.3, -0.25) is 14.4 Å². The predicted octanol–water partition coefficient (Wildman–Crippen LogP) is 1.63. The van der Waals surface area contributed by atoms with Crippen LogP contribution in [-0.2, 0) is 23.8 Å². The molecular formula is C20H27ClN4O6S. The Bertz CT molecular complexity index is 1050. The Morgan fingerprint density at radius 2 is 2.00 bits per heavy atom. The summed E-state index contributed by atoms with van der Waals surface area (Å²) in [5, 5.41) is 11.9. The standard InChI is InChI=1S/C20H27ClN4O6S/c1-20(2,3)31-19(27)25-9-14(11-30-32(4,28)29)24-15(10-25)16(18(23)26)17(22)12-6-5-7-13(21)8-12/h5-8,14,22,24H,9-11H2,1-4H3,(H2,23,26)/b16-15+,22-17?. The molecule has 0 radical (unpaired) electrons. The van der Waals surface area contributed by atoms with Crippen LogP contribution in [0.3, 0.4) is 0 Å². The van der Waals surface area contributed by atoms with E-state index in [1.165, 1.54) is 11.0 Å². The normalized spacial score (nSPS) is 18.5. The Morgan fingerprint density at radius 3 is 2.53 bits per heavy atom. The van der Waals surface area contributed by atoms with E-state index in [0.29, 0.717) is 10.6 Å². The van der Waals surface area contributed by atoms with Crippen molar-refractivity contribution in [1.82, 2.24) is 10.2 Å². The lowest BCUT2D eigenvalue weighted by Gasteiger charge is -2.37. The van der Waals surface area contributed by atoms with Gasteiger partial charge in [-0.1, -0.05) is 23.7 Å². The van der Waals surface area contributed by atoms with Crippen LogP contribution in [0.15, 0.2) is 35.5 Å². The van der Waals surface area contributed by atoms with Crippen LogP contribution >= 0.6 is 11.6 Å². The third kappa shape index (κ3) is 7.50. The minimum absolute atomic E-state index is 0.0461. The smallest absolute Gasteiger partial charge is 0.410 e. The van der Waals surface area contributed by atoms with Crippen LogP contribution in [0.25, 0.3) is 0 Å². The van der Waals surface area contributed by atoms with Crippen LogP contribution < -0.4 is 11.1 Å². The first-order valence-electron chi connectivity index (χ1n) is 9.63. The number of piperazine rings is 1. The van der Waals surface area contributed by atoms with E-state index in [0.717, 1.165) is 6.26 Å². The highest BCUT2D eigenvalue weighted by Crippen LogP contribution is 2.20. The van der Waals surface area contributed by atoms with Gasteiger partial charge < -0.3 is 20.7 Å². The quantitative estimate of drug-likeness (QED) is 0.314. The maximum absolute atomic E-state index is 12.7. The molecule has 1 aromatic carbocycles. The molecule has 0 saturated carbocycles. The summed E-state index contributed by atoms with van der Waals surface area (Å²) in [7, 11) is -3.75. The van der Waals surface area contributed by atoms with Crippen molar-refractivity contribution in [2.45, 2.75) is 32.4 Å². The van der Waals surface area contributed by atoms with E-state index in [1.54, 1.807) is 39.0 Å². The lowest BCUT2D eigenvalue weighted by atomic mass is 9.98. The highest BCUT2D eigenvalue weighted by molar-refractivity contribution is 7.85. The van der Waals surface area contributed by atoms with Gasteiger partial charge in [-0.25, -0.2) is 4.79 Å². The number of benzene rings is 1. The van der Waals surface area contributed by atoms with Crippen molar-refractivity contribution in [2.75, 3.05) is 26.0 Å². The summed E-state index contributed by atoms with van der Waals surface area (Å²) in [4.78, 5) is 26.3. The Balaban J connectivity index is 2.46. The highest BCUT2D eigenvalue weighted by Gasteiger charge is 2.33. The Morgan fingerprint density at radius 1 is 1.34 bits per heavy atom. The molecular weight excluding hydrogens is 460 g/mol. The SMILES string of the molecule is CC(C)(C)OC(=O)N1C/C(=C(/C(=N)c2cccc(Cl)c2)C(N)=O)NC(COS(C)(=O)=O)C1. The number of nitrogens with one attached hydrogen (secondary N) is 2. The molecule has 176 valence electrons. The predicted molar refractivity (Wildman–Crippen MR) is 120 cm³/mol. The van der Waals surface area contributed by atoms with Gasteiger partial charge in [-0.2, -0.15) is 8.42 Å². The average molecular weight is 487 g/mol. The zero-order chi connectivity index (χ0) is 24.3. The average Bonchev–Trinajstić information content (AvgIpc) is 2.64. The molecule has 1 aliphatic heterocycles. The number of rotatable bonds is 6. The molecule has 1 aromatic rings. The molecule has 0 spiro atoms. The minimum Gasteiger partial charge on any atom is -0.444 e. The number of carbonyl (C=O) groups is 2. The van der Waals surface area contributed by atoms with E-state index in [1.807, 2.05) is 0 Å². The van der Waals surface area contributed by atoms with Gasteiger partial charge in [0.2, 0.25) is 0 Å². The number of primary amides is 1. The number of hydrogen-bond acceptors (Lipinski definition) is 8. The van der Waals surface area contributed by atoms with Crippen LogP contribution in [0.1, 0.15) is 26.3 Å². The van der Waals surface area contributed by atoms with E-state index >= 15 is 0 Å². The topological polar surface area (TPSA) is 152 Å². The second-order valence-electron chi connectivity index (χ2n) is 8.29. The summed E-state index contributed by atoms with van der Waals surface area (Å²) in [6.45, 7) is 4.75. The third-order valence-corrected chi connectivity index (χ3v) is 5.01. The maximum atomic E-state index is 12.7. The lowest BCUT2D eigenvalue weighted by Crippen LogP contribution is -2.55. The number of nitrogens with zero attached hydrogens (tertiary/aromatic N) is 1. The fraction of sp³-hybridized carbons (Fsp3) is 0.450. The fourth-order valence-corrected chi connectivity index (χ4v) is 3.59. The largest absolute Gasteiger partial charge is 0.444 e. The fourth-order valence-electron chi connectivity index (χ4n) is 2.99. The molecule has 12 heteroatoms. The van der Waals surface area contributed by atoms with Gasteiger partial charge >= 0.3 is 6.09 Å². The second-order valence-corrected chi connectivity index (χ2v) is 10.4. The Hall–Kier alpha value is -2.63. The Kier molecular flexibility index (Phi) is 7.92. The highest BCUT2D eigenvalue weighted by atomic mass is 35.5. The minimum atomic E-state index is -3.75. The van der Waals surface area contributed by atoms with Gasteiger partial charge in [0, 0.05) is 22.8 Å². The molecule has 2 amide bonds. The first-order chi connectivity index (χ1) is 14.7. The second kappa shape index (κ2) is 9.88. The summed E-state index contributed by atoms with van der Waals surface area (Å²) in [5.74, 6) is -0.897. The Labute approximate surface area is 192 Å². The van der Waals surface area contributed by atoms with E-state index < -0.39 is 33.8 Å². The van der Waals surface area contributed by atoms with Crippen molar-refractivity contribution < 1.29 is 26.9 Å². The summed E-state index contributed by atoms with van der Waals surface area (Å²) in [6, 6.07) is 5.64. The zero-order valence-electron chi connectivity index (χ0n) is 18.3. The van der Waals surface area contributed by atoms with Crippen LogP contribution in [0.4, 0.5) is 4.79 Å². The summed E-state index contributed by atoms with van der Waals surface area (Å²) >= 11 is 6.00. The molecule has 1 heterocycles. The molecule has 1 aliphatic rings. The molecule has 0 bridgehead atoms. The first-order valence-corrected chi connectivity index (χ1v) is 11.8. The first kappa shape index (κ1) is 25.6. The van der Waals surface area contributed by atoms with Gasteiger partial charge in [0.1, 0.15) is 5.60 Å².